The molecule has 0 aromatic heterocycles. The molecule has 0 spiro atoms. The van der Waals surface area contributed by atoms with Crippen molar-refractivity contribution in [3.63, 3.8) is 0 Å². The molecule has 3 rings (SSSR count). The molecule has 24 heavy (non-hydrogen) atoms. The lowest BCUT2D eigenvalue weighted by molar-refractivity contribution is -0.117. The van der Waals surface area contributed by atoms with Gasteiger partial charge in [0.2, 0.25) is 5.91 Å². The molecule has 1 aliphatic heterocycles. The summed E-state index contributed by atoms with van der Waals surface area (Å²) in [5.41, 5.74) is 7.87. The first-order valence-electron chi connectivity index (χ1n) is 7.48. The zero-order valence-electron chi connectivity index (χ0n) is 13.0. The number of benzene rings is 2. The molecular formula is C17H17Cl2N3O2. The largest absolute Gasteiger partial charge is 0.495 e. The molecule has 0 bridgehead atoms. The average molecular weight is 366 g/mol. The Morgan fingerprint density at radius 1 is 1.17 bits per heavy atom. The zero-order chi connectivity index (χ0) is 17.1. The van der Waals surface area contributed by atoms with Crippen LogP contribution in [-0.2, 0) is 4.79 Å². The number of carbonyl (C=O) groups excluding carboxylic acids is 1. The van der Waals surface area contributed by atoms with Gasteiger partial charge in [-0.15, -0.1) is 0 Å². The lowest BCUT2D eigenvalue weighted by Gasteiger charge is -2.12. The summed E-state index contributed by atoms with van der Waals surface area (Å²) in [5, 5.41) is 4.00. The summed E-state index contributed by atoms with van der Waals surface area (Å²) in [7, 11) is 1.55. The smallest absolute Gasteiger partial charge is 0.242 e. The van der Waals surface area contributed by atoms with E-state index in [0.717, 1.165) is 5.56 Å². The van der Waals surface area contributed by atoms with Crippen LogP contribution in [-0.4, -0.2) is 19.1 Å². The van der Waals surface area contributed by atoms with E-state index in [0.29, 0.717) is 27.9 Å². The minimum Gasteiger partial charge on any atom is -0.495 e. The number of hydrogen-bond acceptors (Lipinski definition) is 4. The van der Waals surface area contributed by atoms with Gasteiger partial charge < -0.3 is 10.1 Å². The lowest BCUT2D eigenvalue weighted by Crippen LogP contribution is -2.39. The van der Waals surface area contributed by atoms with Crippen molar-refractivity contribution in [3.8, 4) is 5.75 Å². The van der Waals surface area contributed by atoms with Gasteiger partial charge in [0.15, 0.2) is 0 Å². The van der Waals surface area contributed by atoms with E-state index in [1.165, 1.54) is 0 Å². The summed E-state index contributed by atoms with van der Waals surface area (Å²) in [6.45, 7) is 0. The molecule has 1 heterocycles. The third-order valence-corrected chi connectivity index (χ3v) is 4.46. The van der Waals surface area contributed by atoms with Gasteiger partial charge in [0.25, 0.3) is 0 Å². The number of methoxy groups -OCH3 is 1. The molecule has 126 valence electrons. The number of amides is 1. The maximum atomic E-state index is 12.4. The Balaban J connectivity index is 1.62. The number of nitrogens with one attached hydrogen (secondary N) is 3. The number of carbonyl (C=O) groups is 1. The van der Waals surface area contributed by atoms with E-state index in [-0.39, 0.29) is 18.0 Å². The van der Waals surface area contributed by atoms with Gasteiger partial charge in [-0.2, -0.15) is 0 Å². The molecule has 1 fully saturated rings. The van der Waals surface area contributed by atoms with Crippen molar-refractivity contribution in [2.45, 2.75) is 18.5 Å². The Kier molecular flexibility index (Phi) is 5.26. The number of halogens is 2. The van der Waals surface area contributed by atoms with Gasteiger partial charge in [0.05, 0.1) is 12.1 Å². The molecule has 5 nitrogen and oxygen atoms in total. The van der Waals surface area contributed by atoms with Gasteiger partial charge in [-0.05, 0) is 42.3 Å². The molecule has 0 saturated carbocycles. The monoisotopic (exact) mass is 365 g/mol. The normalized spacial score (nSPS) is 20.0. The molecule has 0 radical (unpaired) electrons. The lowest BCUT2D eigenvalue weighted by atomic mass is 10.0. The molecule has 7 heteroatoms. The topological polar surface area (TPSA) is 62.4 Å². The SMILES string of the molecule is COc1ccc(NC(=O)C2CC(c3ccc(Cl)cc3)NN2)cc1Cl. The summed E-state index contributed by atoms with van der Waals surface area (Å²) < 4.78 is 5.10. The van der Waals surface area contributed by atoms with Crippen molar-refractivity contribution in [1.82, 2.24) is 10.9 Å². The molecule has 1 amide bonds. The van der Waals surface area contributed by atoms with Gasteiger partial charge in [0, 0.05) is 16.8 Å². The predicted molar refractivity (Wildman–Crippen MR) is 95.5 cm³/mol. The van der Waals surface area contributed by atoms with Gasteiger partial charge in [-0.25, -0.2) is 10.9 Å². The summed E-state index contributed by atoms with van der Waals surface area (Å²) in [5.74, 6) is 0.443. The molecule has 2 aromatic rings. The Hall–Kier alpha value is -1.79. The van der Waals surface area contributed by atoms with Crippen LogP contribution >= 0.6 is 23.2 Å². The third kappa shape index (κ3) is 3.82. The third-order valence-electron chi connectivity index (χ3n) is 3.91. The van der Waals surface area contributed by atoms with Gasteiger partial charge in [-0.3, -0.25) is 4.79 Å². The van der Waals surface area contributed by atoms with Crippen molar-refractivity contribution in [1.29, 1.82) is 0 Å². The Morgan fingerprint density at radius 2 is 1.92 bits per heavy atom. The van der Waals surface area contributed by atoms with Crippen LogP contribution in [0.5, 0.6) is 5.75 Å². The first kappa shape index (κ1) is 17.0. The van der Waals surface area contributed by atoms with Crippen LogP contribution in [0.2, 0.25) is 10.0 Å². The fourth-order valence-electron chi connectivity index (χ4n) is 2.62. The molecule has 2 unspecified atom stereocenters. The highest BCUT2D eigenvalue weighted by molar-refractivity contribution is 6.32. The van der Waals surface area contributed by atoms with E-state index in [1.807, 2.05) is 24.3 Å². The Bertz CT molecular complexity index is 737. The van der Waals surface area contributed by atoms with E-state index < -0.39 is 0 Å². The van der Waals surface area contributed by atoms with Crippen molar-refractivity contribution < 1.29 is 9.53 Å². The summed E-state index contributed by atoms with van der Waals surface area (Å²) >= 11 is 12.0. The van der Waals surface area contributed by atoms with Gasteiger partial charge >= 0.3 is 0 Å². The predicted octanol–water partition coefficient (Wildman–Crippen LogP) is 3.55. The van der Waals surface area contributed by atoms with Crippen molar-refractivity contribution >= 4 is 34.8 Å². The van der Waals surface area contributed by atoms with Gasteiger partial charge in [0.1, 0.15) is 11.8 Å². The van der Waals surface area contributed by atoms with Gasteiger partial charge in [-0.1, -0.05) is 35.3 Å². The number of anilines is 1. The minimum absolute atomic E-state index is 0.0532. The number of hydrazine groups is 1. The maximum Gasteiger partial charge on any atom is 0.242 e. The van der Waals surface area contributed by atoms with Crippen molar-refractivity contribution in [3.05, 3.63) is 58.1 Å². The molecular weight excluding hydrogens is 349 g/mol. The molecule has 2 atom stereocenters. The highest BCUT2D eigenvalue weighted by Crippen LogP contribution is 2.28. The fourth-order valence-corrected chi connectivity index (χ4v) is 3.00. The second kappa shape index (κ2) is 7.40. The van der Waals surface area contributed by atoms with Crippen LogP contribution in [0.1, 0.15) is 18.0 Å². The molecule has 3 N–H and O–H groups in total. The number of ether oxygens (including phenoxy) is 1. The van der Waals surface area contributed by atoms with Crippen molar-refractivity contribution in [2.24, 2.45) is 0 Å². The first-order valence-corrected chi connectivity index (χ1v) is 8.23. The number of rotatable bonds is 4. The molecule has 1 aliphatic rings. The first-order chi connectivity index (χ1) is 11.6. The summed E-state index contributed by atoms with van der Waals surface area (Å²) in [6, 6.07) is 12.4. The van der Waals surface area contributed by atoms with E-state index >= 15 is 0 Å². The zero-order valence-corrected chi connectivity index (χ0v) is 14.5. The number of hydrogen-bond donors (Lipinski definition) is 3. The fraction of sp³-hybridized carbons (Fsp3) is 0.235. The second-order valence-corrected chi connectivity index (χ2v) is 6.36. The van der Waals surface area contributed by atoms with E-state index in [9.17, 15) is 4.79 Å². The molecule has 2 aromatic carbocycles. The van der Waals surface area contributed by atoms with Crippen LogP contribution in [0, 0.1) is 0 Å². The summed E-state index contributed by atoms with van der Waals surface area (Å²) in [4.78, 5) is 12.4. The van der Waals surface area contributed by atoms with Crippen LogP contribution in [0.4, 0.5) is 5.69 Å². The average Bonchev–Trinajstić information content (AvgIpc) is 3.06. The van der Waals surface area contributed by atoms with Crippen LogP contribution < -0.4 is 20.9 Å². The van der Waals surface area contributed by atoms with E-state index in [2.05, 4.69) is 16.2 Å². The van der Waals surface area contributed by atoms with Crippen molar-refractivity contribution in [2.75, 3.05) is 12.4 Å². The quantitative estimate of drug-likeness (QED) is 0.775. The molecule has 1 saturated heterocycles. The highest BCUT2D eigenvalue weighted by atomic mass is 35.5. The minimum atomic E-state index is -0.341. The standard InChI is InChI=1S/C17H17Cl2N3O2/c1-24-16-7-6-12(8-13(16)19)20-17(23)15-9-14(21-22-15)10-2-4-11(18)5-3-10/h2-8,14-15,21-22H,9H2,1H3,(H,20,23). The Morgan fingerprint density at radius 3 is 2.58 bits per heavy atom. The van der Waals surface area contributed by atoms with Crippen LogP contribution in [0.3, 0.4) is 0 Å². The van der Waals surface area contributed by atoms with E-state index in [4.69, 9.17) is 27.9 Å². The van der Waals surface area contributed by atoms with E-state index in [1.54, 1.807) is 25.3 Å². The highest BCUT2D eigenvalue weighted by Gasteiger charge is 2.30. The maximum absolute atomic E-state index is 12.4. The van der Waals surface area contributed by atoms with Crippen LogP contribution in [0.25, 0.3) is 0 Å². The summed E-state index contributed by atoms with van der Waals surface area (Å²) in [6.07, 6.45) is 0.636. The Labute approximate surface area is 150 Å². The second-order valence-electron chi connectivity index (χ2n) is 5.52. The molecule has 0 aliphatic carbocycles. The van der Waals surface area contributed by atoms with Crippen LogP contribution in [0.15, 0.2) is 42.5 Å².